The van der Waals surface area contributed by atoms with Gasteiger partial charge in [0.1, 0.15) is 25.9 Å². The molecule has 0 saturated heterocycles. The number of carbonyl (C=O) groups is 3. The van der Waals surface area contributed by atoms with Crippen LogP contribution in [0.3, 0.4) is 0 Å². The van der Waals surface area contributed by atoms with Crippen molar-refractivity contribution in [1.29, 1.82) is 0 Å². The van der Waals surface area contributed by atoms with Crippen LogP contribution in [-0.2, 0) is 11.3 Å². The smallest absolute Gasteiger partial charge is 0.372 e. The number of amides is 2. The molecule has 1 aromatic carbocycles. The molecule has 2 radical (unpaired) electrons. The zero-order valence-corrected chi connectivity index (χ0v) is 14.2. The number of hydrogen-bond donors (Lipinski definition) is 3. The average molecular weight is 385 g/mol. The topological polar surface area (TPSA) is 126 Å². The molecular weight excluding hydrogens is 376 g/mol. The number of anilines is 1. The van der Waals surface area contributed by atoms with Crippen molar-refractivity contribution in [2.45, 2.75) is 12.5 Å². The number of fused-ring (bicyclic) bond motifs is 2. The molecule has 12 heteroatoms. The molecule has 134 valence electrons. The van der Waals surface area contributed by atoms with E-state index in [2.05, 4.69) is 20.0 Å². The van der Waals surface area contributed by atoms with Crippen molar-refractivity contribution in [3.8, 4) is 0 Å². The average Bonchev–Trinajstić information content (AvgIpc) is 3.16. The van der Waals surface area contributed by atoms with Crippen LogP contribution < -0.4 is 10.6 Å². The maximum absolute atomic E-state index is 13.5. The summed E-state index contributed by atoms with van der Waals surface area (Å²) in [7, 11) is 5.86. The van der Waals surface area contributed by atoms with Crippen molar-refractivity contribution in [2.24, 2.45) is 0 Å². The molecule has 0 aliphatic carbocycles. The minimum Gasteiger partial charge on any atom is -0.475 e. The molecule has 2 aromatic heterocycles. The fourth-order valence-corrected chi connectivity index (χ4v) is 3.62. The summed E-state index contributed by atoms with van der Waals surface area (Å²) in [5.74, 6) is -4.66. The van der Waals surface area contributed by atoms with Crippen LogP contribution in [0.15, 0.2) is 18.2 Å². The predicted octanol–water partition coefficient (Wildman–Crippen LogP) is 0.879. The van der Waals surface area contributed by atoms with Crippen molar-refractivity contribution >= 4 is 53.1 Å². The van der Waals surface area contributed by atoms with Gasteiger partial charge >= 0.3 is 5.97 Å². The number of carbonyl (C=O) groups excluding carboxylic acids is 2. The van der Waals surface area contributed by atoms with E-state index in [1.165, 1.54) is 18.2 Å². The lowest BCUT2D eigenvalue weighted by atomic mass is 9.91. The number of rotatable bonds is 3. The Bertz CT molecular complexity index is 1130. The molecule has 3 heterocycles. The first kappa shape index (κ1) is 17.2. The molecule has 4 rings (SSSR count). The van der Waals surface area contributed by atoms with E-state index in [-0.39, 0.29) is 23.8 Å². The van der Waals surface area contributed by atoms with Gasteiger partial charge in [-0.2, -0.15) is 4.37 Å². The number of benzene rings is 1. The number of nitrogens with zero attached hydrogens (tertiary/aromatic N) is 3. The molecule has 3 aromatic rings. The van der Waals surface area contributed by atoms with Gasteiger partial charge in [-0.15, -0.1) is 0 Å². The van der Waals surface area contributed by atoms with Gasteiger partial charge in [0, 0.05) is 11.3 Å². The molecule has 3 N–H and O–H groups in total. The van der Waals surface area contributed by atoms with Crippen LogP contribution in [-0.4, -0.2) is 44.7 Å². The summed E-state index contributed by atoms with van der Waals surface area (Å²) in [6.45, 7) is -0.293. The summed E-state index contributed by atoms with van der Waals surface area (Å²) in [4.78, 5) is 39.6. The fourth-order valence-electron chi connectivity index (χ4n) is 2.87. The highest BCUT2D eigenvalue weighted by Gasteiger charge is 2.31. The molecule has 0 saturated carbocycles. The highest BCUT2D eigenvalue weighted by molar-refractivity contribution is 7.13. The number of aromatic nitrogens is 3. The van der Waals surface area contributed by atoms with Crippen molar-refractivity contribution in [3.05, 3.63) is 41.2 Å². The molecule has 27 heavy (non-hydrogen) atoms. The monoisotopic (exact) mass is 385 g/mol. The van der Waals surface area contributed by atoms with Crippen LogP contribution >= 0.6 is 11.5 Å². The number of hydrogen-bond acceptors (Lipinski definition) is 6. The number of halogens is 1. The molecule has 1 atom stereocenters. The maximum Gasteiger partial charge on any atom is 0.372 e. The van der Waals surface area contributed by atoms with Crippen LogP contribution in [0.4, 0.5) is 10.2 Å². The van der Waals surface area contributed by atoms with Crippen molar-refractivity contribution in [1.82, 2.24) is 19.2 Å². The van der Waals surface area contributed by atoms with Gasteiger partial charge in [-0.3, -0.25) is 9.59 Å². The van der Waals surface area contributed by atoms with Gasteiger partial charge in [0.2, 0.25) is 11.7 Å². The first-order chi connectivity index (χ1) is 12.8. The van der Waals surface area contributed by atoms with E-state index in [0.29, 0.717) is 10.1 Å². The second-order valence-corrected chi connectivity index (χ2v) is 6.54. The third-order valence-corrected chi connectivity index (χ3v) is 4.82. The lowest BCUT2D eigenvalue weighted by Gasteiger charge is -2.24. The van der Waals surface area contributed by atoms with Crippen molar-refractivity contribution < 1.29 is 23.9 Å². The fraction of sp³-hybridized carbons (Fsp3) is 0.133. The van der Waals surface area contributed by atoms with E-state index in [1.54, 1.807) is 0 Å². The Labute approximate surface area is 155 Å². The van der Waals surface area contributed by atoms with E-state index in [1.807, 2.05) is 0 Å². The Morgan fingerprint density at radius 3 is 2.96 bits per heavy atom. The second-order valence-electron chi connectivity index (χ2n) is 5.73. The highest BCUT2D eigenvalue weighted by Crippen LogP contribution is 2.28. The summed E-state index contributed by atoms with van der Waals surface area (Å²) in [5, 5.41) is 14.5. The van der Waals surface area contributed by atoms with Crippen LogP contribution in [0.1, 0.15) is 32.7 Å². The van der Waals surface area contributed by atoms with Crippen LogP contribution in [0.5, 0.6) is 0 Å². The molecule has 0 bridgehead atoms. The van der Waals surface area contributed by atoms with Crippen LogP contribution in [0.25, 0.3) is 10.1 Å². The number of aromatic carboxylic acids is 1. The summed E-state index contributed by atoms with van der Waals surface area (Å²) in [5.41, 5.74) is 0.118. The van der Waals surface area contributed by atoms with Gasteiger partial charge in [0.15, 0.2) is 5.82 Å². The summed E-state index contributed by atoms with van der Waals surface area (Å²) >= 11 is 1.02. The Kier molecular flexibility index (Phi) is 3.91. The minimum atomic E-state index is -1.38. The normalized spacial score (nSPS) is 16.0. The maximum atomic E-state index is 13.5. The SMILES string of the molecule is [B]C1NC(=O)Cn2c(C(=O)O)nc(NC(=O)c3nsc4ccc(F)cc34)c21. The quantitative estimate of drug-likeness (QED) is 0.575. The Hall–Kier alpha value is -3.28. The molecule has 1 aliphatic rings. The van der Waals surface area contributed by atoms with Crippen LogP contribution in [0.2, 0.25) is 0 Å². The first-order valence-electron chi connectivity index (χ1n) is 7.60. The summed E-state index contributed by atoms with van der Waals surface area (Å²) in [6, 6.07) is 3.95. The standard InChI is InChI=1S/C15H9BFN5O4S/c16-11-10-12(19-13(15(25)26)22(10)4-8(23)18-11)20-14(24)9-6-3-5(17)1-2-7(6)27-21-9/h1-3,11H,4H2,(H,18,23)(H,20,24)(H,25,26). The van der Waals surface area contributed by atoms with E-state index in [9.17, 15) is 23.9 Å². The third-order valence-electron chi connectivity index (χ3n) is 3.99. The molecule has 0 spiro atoms. The lowest BCUT2D eigenvalue weighted by molar-refractivity contribution is -0.122. The largest absolute Gasteiger partial charge is 0.475 e. The zero-order chi connectivity index (χ0) is 19.3. The Balaban J connectivity index is 1.75. The first-order valence-corrected chi connectivity index (χ1v) is 8.37. The van der Waals surface area contributed by atoms with Crippen molar-refractivity contribution in [3.63, 3.8) is 0 Å². The van der Waals surface area contributed by atoms with Gasteiger partial charge in [-0.25, -0.2) is 14.2 Å². The van der Waals surface area contributed by atoms with Gasteiger partial charge in [0.05, 0.1) is 10.4 Å². The van der Waals surface area contributed by atoms with Gasteiger partial charge in [-0.05, 0) is 29.7 Å². The summed E-state index contributed by atoms with van der Waals surface area (Å²) in [6.07, 6.45) is 0. The molecule has 1 aliphatic heterocycles. The molecular formula is C15H9BFN5O4S. The van der Waals surface area contributed by atoms with Crippen molar-refractivity contribution in [2.75, 3.05) is 5.32 Å². The molecule has 0 fully saturated rings. The van der Waals surface area contributed by atoms with E-state index in [4.69, 9.17) is 7.85 Å². The zero-order valence-electron chi connectivity index (χ0n) is 13.4. The number of nitrogens with one attached hydrogen (secondary N) is 2. The van der Waals surface area contributed by atoms with Gasteiger partial charge < -0.3 is 20.3 Å². The van der Waals surface area contributed by atoms with E-state index in [0.717, 1.165) is 16.1 Å². The van der Waals surface area contributed by atoms with E-state index >= 15 is 0 Å². The number of imidazole rings is 1. The molecule has 1 unspecified atom stereocenters. The van der Waals surface area contributed by atoms with Gasteiger partial charge in [0.25, 0.3) is 5.91 Å². The Morgan fingerprint density at radius 1 is 1.44 bits per heavy atom. The highest BCUT2D eigenvalue weighted by atomic mass is 32.1. The van der Waals surface area contributed by atoms with E-state index < -0.39 is 35.4 Å². The Morgan fingerprint density at radius 2 is 2.22 bits per heavy atom. The number of carboxylic acids is 1. The van der Waals surface area contributed by atoms with Crippen LogP contribution in [0, 0.1) is 5.82 Å². The predicted molar refractivity (Wildman–Crippen MR) is 93.4 cm³/mol. The minimum absolute atomic E-state index is 0.0264. The van der Waals surface area contributed by atoms with Gasteiger partial charge in [-0.1, -0.05) is 0 Å². The second kappa shape index (κ2) is 6.16. The third kappa shape index (κ3) is 2.83. The summed E-state index contributed by atoms with van der Waals surface area (Å²) < 4.78 is 19.3. The molecule has 9 nitrogen and oxygen atoms in total. The molecule has 2 amide bonds. The lowest BCUT2D eigenvalue weighted by Crippen LogP contribution is -2.39. The number of carboxylic acid groups (broad SMARTS) is 1.